The zero-order chi connectivity index (χ0) is 21.3. The van der Waals surface area contributed by atoms with Gasteiger partial charge in [-0.05, 0) is 43.3 Å². The fourth-order valence-electron chi connectivity index (χ4n) is 3.18. The highest BCUT2D eigenvalue weighted by atomic mass is 127. The van der Waals surface area contributed by atoms with Crippen LogP contribution in [0, 0.1) is 0 Å². The second kappa shape index (κ2) is 12.8. The van der Waals surface area contributed by atoms with Gasteiger partial charge in [0.25, 0.3) is 5.91 Å². The normalized spacial score (nSPS) is 14.8. The quantitative estimate of drug-likeness (QED) is 0.292. The number of guanidine groups is 1. The summed E-state index contributed by atoms with van der Waals surface area (Å²) in [5.74, 6) is 1.86. The number of nitrogens with two attached hydrogens (primary N) is 1. The molecule has 0 saturated carbocycles. The maximum absolute atomic E-state index is 11.2. The molecule has 1 aliphatic rings. The lowest BCUT2D eigenvalue weighted by Gasteiger charge is -2.36. The molecule has 10 heteroatoms. The maximum atomic E-state index is 11.2. The van der Waals surface area contributed by atoms with Gasteiger partial charge < -0.3 is 25.1 Å². The number of halogens is 2. The number of carbonyl (C=O) groups excluding carboxylic acids is 1. The van der Waals surface area contributed by atoms with Crippen molar-refractivity contribution in [3.05, 3.63) is 52.9 Å². The molecular weight excluding hydrogens is 533 g/mol. The Kier molecular flexibility index (Phi) is 10.4. The third kappa shape index (κ3) is 7.89. The van der Waals surface area contributed by atoms with Crippen molar-refractivity contribution in [3.8, 4) is 5.75 Å². The summed E-state index contributed by atoms with van der Waals surface area (Å²) in [6.45, 7) is 8.28. The molecule has 170 valence electrons. The molecule has 1 aliphatic heterocycles. The number of hydrogen-bond acceptors (Lipinski definition) is 5. The molecule has 3 N–H and O–H groups in total. The minimum Gasteiger partial charge on any atom is -0.492 e. The van der Waals surface area contributed by atoms with E-state index >= 15 is 0 Å². The van der Waals surface area contributed by atoms with Crippen molar-refractivity contribution >= 4 is 47.4 Å². The van der Waals surface area contributed by atoms with E-state index in [4.69, 9.17) is 26.5 Å². The van der Waals surface area contributed by atoms with Crippen molar-refractivity contribution in [1.82, 2.24) is 15.1 Å². The summed E-state index contributed by atoms with van der Waals surface area (Å²) < 4.78 is 11.2. The molecule has 2 aromatic rings. The standard InChI is InChI=1S/C21H28ClN5O3.HI/c1-2-24-21(25-15-18-7-8-19(30-18)20(23)28)27-11-9-26(10-12-27)13-14-29-17-5-3-16(22)4-6-17;/h3-8H,2,9-15H2,1H3,(H2,23,28)(H,24,25);1H. The van der Waals surface area contributed by atoms with Gasteiger partial charge in [-0.2, -0.15) is 0 Å². The Morgan fingerprint density at radius 2 is 1.90 bits per heavy atom. The first-order valence-electron chi connectivity index (χ1n) is 10.1. The van der Waals surface area contributed by atoms with Gasteiger partial charge in [0.05, 0.1) is 0 Å². The van der Waals surface area contributed by atoms with Gasteiger partial charge in [-0.1, -0.05) is 11.6 Å². The first-order chi connectivity index (χ1) is 14.5. The summed E-state index contributed by atoms with van der Waals surface area (Å²) in [5.41, 5.74) is 5.23. The van der Waals surface area contributed by atoms with Crippen molar-refractivity contribution in [1.29, 1.82) is 0 Å². The van der Waals surface area contributed by atoms with E-state index in [1.54, 1.807) is 12.1 Å². The van der Waals surface area contributed by atoms with Crippen LogP contribution in [0.25, 0.3) is 0 Å². The highest BCUT2D eigenvalue weighted by Gasteiger charge is 2.19. The van der Waals surface area contributed by atoms with Gasteiger partial charge in [-0.25, -0.2) is 4.99 Å². The number of benzene rings is 1. The summed E-state index contributed by atoms with van der Waals surface area (Å²) in [6.07, 6.45) is 0. The van der Waals surface area contributed by atoms with Crippen molar-refractivity contribution in [2.45, 2.75) is 13.5 Å². The summed E-state index contributed by atoms with van der Waals surface area (Å²) in [4.78, 5) is 20.4. The van der Waals surface area contributed by atoms with Gasteiger partial charge in [0.1, 0.15) is 24.7 Å². The number of ether oxygens (including phenoxy) is 1. The fourth-order valence-corrected chi connectivity index (χ4v) is 3.31. The van der Waals surface area contributed by atoms with Crippen LogP contribution in [-0.2, 0) is 6.54 Å². The zero-order valence-corrected chi connectivity index (χ0v) is 20.6. The first-order valence-corrected chi connectivity index (χ1v) is 10.5. The lowest BCUT2D eigenvalue weighted by atomic mass is 10.3. The van der Waals surface area contributed by atoms with Gasteiger partial charge in [0, 0.05) is 44.3 Å². The van der Waals surface area contributed by atoms with Crippen LogP contribution in [-0.4, -0.2) is 67.5 Å². The molecule has 1 aromatic carbocycles. The third-order valence-electron chi connectivity index (χ3n) is 4.79. The number of furan rings is 1. The number of nitrogens with zero attached hydrogens (tertiary/aromatic N) is 3. The average molecular weight is 562 g/mol. The van der Waals surface area contributed by atoms with Gasteiger partial charge in [-0.15, -0.1) is 24.0 Å². The summed E-state index contributed by atoms with van der Waals surface area (Å²) in [6, 6.07) is 10.7. The fraction of sp³-hybridized carbons (Fsp3) is 0.429. The zero-order valence-electron chi connectivity index (χ0n) is 17.6. The molecule has 0 unspecified atom stereocenters. The first kappa shape index (κ1) is 25.3. The minimum atomic E-state index is -0.576. The van der Waals surface area contributed by atoms with Crippen LogP contribution in [0.15, 0.2) is 45.8 Å². The SMILES string of the molecule is CCNC(=NCc1ccc(C(N)=O)o1)N1CCN(CCOc2ccc(Cl)cc2)CC1.I. The molecule has 2 heterocycles. The average Bonchev–Trinajstić information content (AvgIpc) is 3.23. The summed E-state index contributed by atoms with van der Waals surface area (Å²) >= 11 is 5.89. The number of piperazine rings is 1. The van der Waals surface area contributed by atoms with Crippen molar-refractivity contribution in [2.24, 2.45) is 10.7 Å². The predicted octanol–water partition coefficient (Wildman–Crippen LogP) is 2.81. The number of aliphatic imine (C=N–C) groups is 1. The molecule has 0 radical (unpaired) electrons. The van der Waals surface area contributed by atoms with Gasteiger partial charge >= 0.3 is 0 Å². The summed E-state index contributed by atoms with van der Waals surface area (Å²) in [7, 11) is 0. The van der Waals surface area contributed by atoms with Gasteiger partial charge in [0.2, 0.25) is 0 Å². The van der Waals surface area contributed by atoms with Crippen LogP contribution >= 0.6 is 35.6 Å². The van der Waals surface area contributed by atoms with Crippen LogP contribution in [0.2, 0.25) is 5.02 Å². The molecule has 0 atom stereocenters. The van der Waals surface area contributed by atoms with Crippen LogP contribution in [0.1, 0.15) is 23.2 Å². The predicted molar refractivity (Wildman–Crippen MR) is 132 cm³/mol. The van der Waals surface area contributed by atoms with Crippen LogP contribution in [0.5, 0.6) is 5.75 Å². The highest BCUT2D eigenvalue weighted by Crippen LogP contribution is 2.15. The second-order valence-corrected chi connectivity index (χ2v) is 7.37. The van der Waals surface area contributed by atoms with E-state index in [0.29, 0.717) is 23.9 Å². The van der Waals surface area contributed by atoms with E-state index in [1.807, 2.05) is 31.2 Å². The molecule has 0 bridgehead atoms. The minimum absolute atomic E-state index is 0. The highest BCUT2D eigenvalue weighted by molar-refractivity contribution is 14.0. The smallest absolute Gasteiger partial charge is 0.284 e. The number of carbonyl (C=O) groups is 1. The number of primary amides is 1. The lowest BCUT2D eigenvalue weighted by Crippen LogP contribution is -2.53. The monoisotopic (exact) mass is 561 g/mol. The molecule has 3 rings (SSSR count). The van der Waals surface area contributed by atoms with Gasteiger partial charge in [0.15, 0.2) is 11.7 Å². The van der Waals surface area contributed by atoms with Crippen molar-refractivity contribution in [2.75, 3.05) is 45.9 Å². The Morgan fingerprint density at radius 3 is 2.52 bits per heavy atom. The molecule has 1 aromatic heterocycles. The Hall–Kier alpha value is -1.98. The van der Waals surface area contributed by atoms with E-state index in [1.165, 1.54) is 0 Å². The maximum Gasteiger partial charge on any atom is 0.284 e. The topological polar surface area (TPSA) is 96.3 Å². The van der Waals surface area contributed by atoms with Crippen LogP contribution in [0.3, 0.4) is 0 Å². The Balaban J connectivity index is 0.00000341. The molecule has 1 saturated heterocycles. The molecule has 31 heavy (non-hydrogen) atoms. The Bertz CT molecular complexity index is 851. The van der Waals surface area contributed by atoms with E-state index in [9.17, 15) is 4.79 Å². The number of amides is 1. The molecule has 8 nitrogen and oxygen atoms in total. The number of rotatable bonds is 8. The number of hydrogen-bond donors (Lipinski definition) is 2. The Morgan fingerprint density at radius 1 is 1.19 bits per heavy atom. The van der Waals surface area contributed by atoms with E-state index < -0.39 is 5.91 Å². The number of nitrogens with one attached hydrogen (secondary N) is 1. The lowest BCUT2D eigenvalue weighted by molar-refractivity contribution is 0.0972. The molecule has 0 spiro atoms. The third-order valence-corrected chi connectivity index (χ3v) is 5.04. The molecular formula is C21H29ClIN5O3. The van der Waals surface area contributed by atoms with Crippen molar-refractivity contribution < 1.29 is 13.9 Å². The molecule has 1 amide bonds. The van der Waals surface area contributed by atoms with E-state index in [-0.39, 0.29) is 29.7 Å². The second-order valence-electron chi connectivity index (χ2n) is 6.93. The van der Waals surface area contributed by atoms with Crippen LogP contribution in [0.4, 0.5) is 0 Å². The van der Waals surface area contributed by atoms with Crippen molar-refractivity contribution in [3.63, 3.8) is 0 Å². The van der Waals surface area contributed by atoms with E-state index in [2.05, 4.69) is 20.1 Å². The largest absolute Gasteiger partial charge is 0.492 e. The van der Waals surface area contributed by atoms with Crippen LogP contribution < -0.4 is 15.8 Å². The molecule has 1 fully saturated rings. The van der Waals surface area contributed by atoms with Gasteiger partial charge in [-0.3, -0.25) is 9.69 Å². The summed E-state index contributed by atoms with van der Waals surface area (Å²) in [5, 5.41) is 4.03. The Labute approximate surface area is 204 Å². The molecule has 0 aliphatic carbocycles. The van der Waals surface area contributed by atoms with E-state index in [0.717, 1.165) is 51.0 Å².